The minimum Gasteiger partial charge on any atom is -0.457 e. The number of carbonyl (C=O) groups is 1. The largest absolute Gasteiger partial charge is 0.457 e. The molecule has 1 unspecified atom stereocenters. The lowest BCUT2D eigenvalue weighted by Crippen LogP contribution is -2.22. The third-order valence-corrected chi connectivity index (χ3v) is 1.52. The molecule has 0 spiro atoms. The molecule has 4 heteroatoms. The van der Waals surface area contributed by atoms with Crippen LogP contribution in [0.5, 0.6) is 0 Å². The van der Waals surface area contributed by atoms with E-state index in [1.165, 1.54) is 12.2 Å². The first kappa shape index (κ1) is 14.1. The zero-order valence-electron chi connectivity index (χ0n) is 9.56. The Morgan fingerprint density at radius 1 is 1.47 bits per heavy atom. The van der Waals surface area contributed by atoms with Gasteiger partial charge in [0.15, 0.2) is 0 Å². The van der Waals surface area contributed by atoms with Crippen LogP contribution >= 0.6 is 0 Å². The van der Waals surface area contributed by atoms with Gasteiger partial charge in [-0.2, -0.15) is 0 Å². The van der Waals surface area contributed by atoms with Crippen molar-refractivity contribution >= 4 is 5.97 Å². The van der Waals surface area contributed by atoms with Crippen LogP contribution < -0.4 is 0 Å². The van der Waals surface area contributed by atoms with E-state index in [9.17, 15) is 9.90 Å². The average molecular weight is 216 g/mol. The number of aliphatic hydroxyl groups is 2. The Labute approximate surface area is 90.6 Å². The molecule has 0 heterocycles. The van der Waals surface area contributed by atoms with E-state index < -0.39 is 17.7 Å². The summed E-state index contributed by atoms with van der Waals surface area (Å²) >= 11 is 0. The number of carbonyl (C=O) groups excluding carboxylic acids is 1. The van der Waals surface area contributed by atoms with Gasteiger partial charge in [0.25, 0.3) is 0 Å². The van der Waals surface area contributed by atoms with Gasteiger partial charge in [-0.1, -0.05) is 0 Å². The lowest BCUT2D eigenvalue weighted by Gasteiger charge is -2.18. The van der Waals surface area contributed by atoms with Crippen LogP contribution in [0.1, 0.15) is 33.6 Å². The topological polar surface area (TPSA) is 66.8 Å². The van der Waals surface area contributed by atoms with E-state index in [2.05, 4.69) is 0 Å². The first-order valence-corrected chi connectivity index (χ1v) is 5.05. The first-order valence-electron chi connectivity index (χ1n) is 5.05. The van der Waals surface area contributed by atoms with Crippen molar-refractivity contribution in [2.75, 3.05) is 6.61 Å². The quantitative estimate of drug-likeness (QED) is 0.532. The minimum absolute atomic E-state index is 0.0390. The maximum atomic E-state index is 11.2. The zero-order chi connectivity index (χ0) is 11.9. The summed E-state index contributed by atoms with van der Waals surface area (Å²) in [6.07, 6.45) is 2.84. The molecule has 0 bridgehead atoms. The van der Waals surface area contributed by atoms with Crippen LogP contribution in [0.3, 0.4) is 0 Å². The number of aliphatic hydroxyl groups excluding tert-OH is 2. The monoisotopic (exact) mass is 216 g/mol. The summed E-state index contributed by atoms with van der Waals surface area (Å²) < 4.78 is 5.01. The Balaban J connectivity index is 3.90. The summed E-state index contributed by atoms with van der Waals surface area (Å²) in [5, 5.41) is 17.8. The highest BCUT2D eigenvalue weighted by molar-refractivity contribution is 5.82. The number of ether oxygens (including phenoxy) is 1. The molecule has 0 fully saturated rings. The third kappa shape index (κ3) is 9.43. The summed E-state index contributed by atoms with van der Waals surface area (Å²) in [4.78, 5) is 11.2. The summed E-state index contributed by atoms with van der Waals surface area (Å²) in [6.45, 7) is 5.38. The second-order valence-corrected chi connectivity index (χ2v) is 4.33. The number of hydrogen-bond donors (Lipinski definition) is 2. The molecule has 88 valence electrons. The van der Waals surface area contributed by atoms with Gasteiger partial charge in [-0.3, -0.25) is 0 Å². The molecule has 0 aliphatic heterocycles. The molecule has 1 atom stereocenters. The van der Waals surface area contributed by atoms with Gasteiger partial charge in [0.05, 0.1) is 6.10 Å². The van der Waals surface area contributed by atoms with E-state index in [-0.39, 0.29) is 6.61 Å². The van der Waals surface area contributed by atoms with E-state index in [0.717, 1.165) is 0 Å². The molecule has 0 amide bonds. The normalized spacial score (nSPS) is 14.2. The molecule has 0 rings (SSSR count). The molecule has 0 aliphatic carbocycles. The Morgan fingerprint density at radius 2 is 2.07 bits per heavy atom. The van der Waals surface area contributed by atoms with E-state index in [4.69, 9.17) is 9.84 Å². The van der Waals surface area contributed by atoms with Gasteiger partial charge < -0.3 is 14.9 Å². The molecule has 15 heavy (non-hydrogen) atoms. The fourth-order valence-electron chi connectivity index (χ4n) is 0.922. The summed E-state index contributed by atoms with van der Waals surface area (Å²) in [6, 6.07) is 0. The maximum absolute atomic E-state index is 11.2. The lowest BCUT2D eigenvalue weighted by atomic mass is 10.2. The predicted octanol–water partition coefficient (Wildman–Crippen LogP) is 1.02. The van der Waals surface area contributed by atoms with Crippen LogP contribution in [0.4, 0.5) is 0 Å². The molecule has 0 saturated carbocycles. The van der Waals surface area contributed by atoms with Gasteiger partial charge in [-0.25, -0.2) is 4.79 Å². The van der Waals surface area contributed by atoms with Crippen molar-refractivity contribution in [1.29, 1.82) is 0 Å². The van der Waals surface area contributed by atoms with Crippen molar-refractivity contribution in [1.82, 2.24) is 0 Å². The maximum Gasteiger partial charge on any atom is 0.331 e. The fourth-order valence-corrected chi connectivity index (χ4v) is 0.922. The van der Waals surface area contributed by atoms with Crippen molar-refractivity contribution in [2.45, 2.75) is 45.3 Å². The average Bonchev–Trinajstić information content (AvgIpc) is 2.08. The molecular formula is C11H20O4. The fraction of sp³-hybridized carbons (Fsp3) is 0.727. The highest BCUT2D eigenvalue weighted by Crippen LogP contribution is 2.07. The Hall–Kier alpha value is -0.870. The highest BCUT2D eigenvalue weighted by atomic mass is 16.6. The van der Waals surface area contributed by atoms with Gasteiger partial charge in [-0.05, 0) is 39.7 Å². The van der Waals surface area contributed by atoms with E-state index >= 15 is 0 Å². The molecular weight excluding hydrogens is 196 g/mol. The van der Waals surface area contributed by atoms with Crippen LogP contribution in [0.25, 0.3) is 0 Å². The van der Waals surface area contributed by atoms with Gasteiger partial charge in [-0.15, -0.1) is 0 Å². The highest BCUT2D eigenvalue weighted by Gasteiger charge is 2.14. The molecule has 2 N–H and O–H groups in total. The molecule has 0 saturated heterocycles. The molecule has 0 aromatic rings. The van der Waals surface area contributed by atoms with Crippen molar-refractivity contribution in [3.63, 3.8) is 0 Å². The van der Waals surface area contributed by atoms with Gasteiger partial charge >= 0.3 is 5.97 Å². The van der Waals surface area contributed by atoms with Crippen LogP contribution in [-0.2, 0) is 9.53 Å². The van der Waals surface area contributed by atoms with Gasteiger partial charge in [0, 0.05) is 12.7 Å². The van der Waals surface area contributed by atoms with Gasteiger partial charge in [0.2, 0.25) is 0 Å². The van der Waals surface area contributed by atoms with Crippen molar-refractivity contribution in [3.8, 4) is 0 Å². The SMILES string of the molecule is CC(C)(C)OC(=O)C=CC(O)CCCO. The summed E-state index contributed by atoms with van der Waals surface area (Å²) in [5.41, 5.74) is -0.516. The molecule has 0 aromatic carbocycles. The predicted molar refractivity (Wildman–Crippen MR) is 57.3 cm³/mol. The first-order chi connectivity index (χ1) is 6.85. The second kappa shape index (κ2) is 6.58. The van der Waals surface area contributed by atoms with Crippen molar-refractivity contribution in [3.05, 3.63) is 12.2 Å². The number of esters is 1. The smallest absolute Gasteiger partial charge is 0.331 e. The van der Waals surface area contributed by atoms with Crippen LogP contribution in [0, 0.1) is 0 Å². The molecule has 0 aromatic heterocycles. The van der Waals surface area contributed by atoms with Crippen molar-refractivity contribution in [2.24, 2.45) is 0 Å². The van der Waals surface area contributed by atoms with Crippen molar-refractivity contribution < 1.29 is 19.7 Å². The van der Waals surface area contributed by atoms with Gasteiger partial charge in [0.1, 0.15) is 5.60 Å². The zero-order valence-corrected chi connectivity index (χ0v) is 9.56. The van der Waals surface area contributed by atoms with Crippen LogP contribution in [0.15, 0.2) is 12.2 Å². The number of hydrogen-bond acceptors (Lipinski definition) is 4. The molecule has 4 nitrogen and oxygen atoms in total. The Kier molecular flexibility index (Phi) is 6.20. The summed E-state index contributed by atoms with van der Waals surface area (Å²) in [5.74, 6) is -0.467. The van der Waals surface area contributed by atoms with Crippen LogP contribution in [0.2, 0.25) is 0 Å². The second-order valence-electron chi connectivity index (χ2n) is 4.33. The minimum atomic E-state index is -0.704. The molecule has 0 radical (unpaired) electrons. The standard InChI is InChI=1S/C11H20O4/c1-11(2,3)15-10(14)7-6-9(13)5-4-8-12/h6-7,9,12-13H,4-5,8H2,1-3H3. The third-order valence-electron chi connectivity index (χ3n) is 1.52. The molecule has 0 aliphatic rings. The Morgan fingerprint density at radius 3 is 2.53 bits per heavy atom. The van der Waals surface area contributed by atoms with Crippen LogP contribution in [-0.4, -0.2) is 34.5 Å². The summed E-state index contributed by atoms with van der Waals surface area (Å²) in [7, 11) is 0. The number of rotatable bonds is 5. The Bertz CT molecular complexity index is 215. The lowest BCUT2D eigenvalue weighted by molar-refractivity contribution is -0.148. The van der Waals surface area contributed by atoms with E-state index in [0.29, 0.717) is 12.8 Å². The van der Waals surface area contributed by atoms with E-state index in [1.54, 1.807) is 20.8 Å². The van der Waals surface area contributed by atoms with E-state index in [1.807, 2.05) is 0 Å².